The summed E-state index contributed by atoms with van der Waals surface area (Å²) in [7, 11) is 6.83. The van der Waals surface area contributed by atoms with Gasteiger partial charge in [-0.3, -0.25) is 4.99 Å². The number of hydrogen-bond acceptors (Lipinski definition) is 4. The Balaban J connectivity index is 1.92. The first-order chi connectivity index (χ1) is 12.6. The van der Waals surface area contributed by atoms with Gasteiger partial charge in [-0.05, 0) is 58.3 Å². The number of methoxy groups -OCH3 is 3. The molecule has 2 N–H and O–H groups in total. The SMILES string of the molecule is CN=C(NCc1cc(Br)c(OC)c(OC)c1)NCC1(CCOC)CCC1. The molecule has 1 aliphatic carbocycles. The summed E-state index contributed by atoms with van der Waals surface area (Å²) in [6.45, 7) is 2.38. The van der Waals surface area contributed by atoms with Crippen LogP contribution in [0.2, 0.25) is 0 Å². The Bertz CT molecular complexity index is 618. The van der Waals surface area contributed by atoms with E-state index in [4.69, 9.17) is 14.2 Å². The molecule has 1 aromatic carbocycles. The lowest BCUT2D eigenvalue weighted by molar-refractivity contribution is 0.0732. The number of rotatable bonds is 9. The van der Waals surface area contributed by atoms with Crippen LogP contribution in [0.3, 0.4) is 0 Å². The molecule has 7 heteroatoms. The molecule has 0 bridgehead atoms. The van der Waals surface area contributed by atoms with Gasteiger partial charge in [0.2, 0.25) is 0 Å². The van der Waals surface area contributed by atoms with Crippen LogP contribution >= 0.6 is 15.9 Å². The highest BCUT2D eigenvalue weighted by Crippen LogP contribution is 2.43. The monoisotopic (exact) mass is 427 g/mol. The van der Waals surface area contributed by atoms with E-state index in [1.807, 2.05) is 12.1 Å². The number of aliphatic imine (C=N–C) groups is 1. The van der Waals surface area contributed by atoms with Crippen molar-refractivity contribution in [1.82, 2.24) is 10.6 Å². The van der Waals surface area contributed by atoms with Crippen molar-refractivity contribution in [2.45, 2.75) is 32.2 Å². The first kappa shape index (κ1) is 20.8. The van der Waals surface area contributed by atoms with E-state index in [1.54, 1.807) is 28.4 Å². The molecule has 0 aliphatic heterocycles. The quantitative estimate of drug-likeness (QED) is 0.467. The van der Waals surface area contributed by atoms with Crippen LogP contribution in [0, 0.1) is 5.41 Å². The van der Waals surface area contributed by atoms with Gasteiger partial charge in [0, 0.05) is 33.9 Å². The normalized spacial score (nSPS) is 16.0. The van der Waals surface area contributed by atoms with Crippen LogP contribution < -0.4 is 20.1 Å². The lowest BCUT2D eigenvalue weighted by Crippen LogP contribution is -2.46. The standard InChI is InChI=1S/C19H30BrN3O3/c1-21-18(23-13-19(6-5-7-19)8-9-24-2)22-12-14-10-15(20)17(26-4)16(11-14)25-3/h10-11H,5-9,12-13H2,1-4H3,(H2,21,22,23). The lowest BCUT2D eigenvalue weighted by atomic mass is 9.67. The molecule has 0 unspecified atom stereocenters. The molecular formula is C19H30BrN3O3. The van der Waals surface area contributed by atoms with Crippen molar-refractivity contribution in [3.05, 3.63) is 22.2 Å². The first-order valence-corrected chi connectivity index (χ1v) is 9.70. The van der Waals surface area contributed by atoms with Gasteiger partial charge in [-0.1, -0.05) is 6.42 Å². The van der Waals surface area contributed by atoms with Crippen molar-refractivity contribution >= 4 is 21.9 Å². The first-order valence-electron chi connectivity index (χ1n) is 8.91. The van der Waals surface area contributed by atoms with E-state index in [0.717, 1.165) is 35.6 Å². The Morgan fingerprint density at radius 1 is 1.19 bits per heavy atom. The highest BCUT2D eigenvalue weighted by molar-refractivity contribution is 9.10. The van der Waals surface area contributed by atoms with Gasteiger partial charge in [-0.25, -0.2) is 0 Å². The minimum atomic E-state index is 0.347. The van der Waals surface area contributed by atoms with Gasteiger partial charge < -0.3 is 24.8 Å². The van der Waals surface area contributed by atoms with Gasteiger partial charge in [0.25, 0.3) is 0 Å². The summed E-state index contributed by atoms with van der Waals surface area (Å²) in [6.07, 6.45) is 4.90. The molecule has 1 aromatic rings. The van der Waals surface area contributed by atoms with Crippen molar-refractivity contribution in [3.63, 3.8) is 0 Å². The molecule has 1 aliphatic rings. The largest absolute Gasteiger partial charge is 0.493 e. The molecule has 146 valence electrons. The van der Waals surface area contributed by atoms with E-state index in [-0.39, 0.29) is 0 Å². The maximum Gasteiger partial charge on any atom is 0.191 e. The Morgan fingerprint density at radius 3 is 2.50 bits per heavy atom. The van der Waals surface area contributed by atoms with Gasteiger partial charge >= 0.3 is 0 Å². The summed E-state index contributed by atoms with van der Waals surface area (Å²) >= 11 is 3.53. The second-order valence-electron chi connectivity index (χ2n) is 6.69. The molecule has 1 saturated carbocycles. The second-order valence-corrected chi connectivity index (χ2v) is 7.54. The maximum atomic E-state index is 5.40. The van der Waals surface area contributed by atoms with Crippen molar-refractivity contribution < 1.29 is 14.2 Å². The number of halogens is 1. The molecule has 1 fully saturated rings. The second kappa shape index (κ2) is 10.0. The van der Waals surface area contributed by atoms with Crippen molar-refractivity contribution in [3.8, 4) is 11.5 Å². The highest BCUT2D eigenvalue weighted by atomic mass is 79.9. The number of hydrogen-bond donors (Lipinski definition) is 2. The molecule has 0 spiro atoms. The third kappa shape index (κ3) is 5.27. The summed E-state index contributed by atoms with van der Waals surface area (Å²) in [4.78, 5) is 4.34. The minimum absolute atomic E-state index is 0.347. The average molecular weight is 428 g/mol. The Hall–Kier alpha value is -1.47. The van der Waals surface area contributed by atoms with E-state index in [9.17, 15) is 0 Å². The Morgan fingerprint density at radius 2 is 1.96 bits per heavy atom. The predicted octanol–water partition coefficient (Wildman–Crippen LogP) is 3.34. The van der Waals surface area contributed by atoms with E-state index < -0.39 is 0 Å². The number of nitrogens with one attached hydrogen (secondary N) is 2. The topological polar surface area (TPSA) is 64.1 Å². The van der Waals surface area contributed by atoms with Crippen LogP contribution in [0.1, 0.15) is 31.2 Å². The molecular weight excluding hydrogens is 398 g/mol. The van der Waals surface area contributed by atoms with Crippen LogP contribution in [-0.2, 0) is 11.3 Å². The van der Waals surface area contributed by atoms with Gasteiger partial charge in [-0.15, -0.1) is 0 Å². The zero-order valence-electron chi connectivity index (χ0n) is 16.2. The third-order valence-corrected chi connectivity index (χ3v) is 5.65. The molecule has 2 rings (SSSR count). The van der Waals surface area contributed by atoms with Crippen LogP contribution in [0.25, 0.3) is 0 Å². The molecule has 26 heavy (non-hydrogen) atoms. The van der Waals surface area contributed by atoms with Gasteiger partial charge in [0.1, 0.15) is 0 Å². The van der Waals surface area contributed by atoms with Crippen LogP contribution in [0.15, 0.2) is 21.6 Å². The van der Waals surface area contributed by atoms with Crippen LogP contribution in [0.5, 0.6) is 11.5 Å². The average Bonchev–Trinajstić information content (AvgIpc) is 2.62. The summed E-state index contributed by atoms with van der Waals surface area (Å²) in [5.41, 5.74) is 1.43. The highest BCUT2D eigenvalue weighted by Gasteiger charge is 2.36. The lowest BCUT2D eigenvalue weighted by Gasteiger charge is -2.42. The molecule has 0 amide bonds. The van der Waals surface area contributed by atoms with Gasteiger partial charge in [-0.2, -0.15) is 0 Å². The van der Waals surface area contributed by atoms with E-state index in [2.05, 4.69) is 31.6 Å². The summed E-state index contributed by atoms with van der Waals surface area (Å²) < 4.78 is 16.9. The molecule has 0 saturated heterocycles. The number of benzene rings is 1. The van der Waals surface area contributed by atoms with Crippen molar-refractivity contribution in [1.29, 1.82) is 0 Å². The van der Waals surface area contributed by atoms with E-state index in [0.29, 0.717) is 23.5 Å². The zero-order chi connectivity index (χ0) is 19.0. The fourth-order valence-corrected chi connectivity index (χ4v) is 3.91. The third-order valence-electron chi connectivity index (χ3n) is 5.06. The summed E-state index contributed by atoms with van der Waals surface area (Å²) in [5, 5.41) is 6.84. The van der Waals surface area contributed by atoms with Crippen molar-refractivity contribution in [2.75, 3.05) is 41.5 Å². The molecule has 0 heterocycles. The molecule has 0 atom stereocenters. The molecule has 0 radical (unpaired) electrons. The Labute approximate surface area is 164 Å². The van der Waals surface area contributed by atoms with E-state index in [1.165, 1.54) is 19.3 Å². The van der Waals surface area contributed by atoms with E-state index >= 15 is 0 Å². The molecule has 6 nitrogen and oxygen atoms in total. The number of nitrogens with zero attached hydrogens (tertiary/aromatic N) is 1. The van der Waals surface area contributed by atoms with Crippen molar-refractivity contribution in [2.24, 2.45) is 10.4 Å². The van der Waals surface area contributed by atoms with Gasteiger partial charge in [0.15, 0.2) is 17.5 Å². The fourth-order valence-electron chi connectivity index (χ4n) is 3.26. The molecule has 0 aromatic heterocycles. The summed E-state index contributed by atoms with van der Waals surface area (Å²) in [5.74, 6) is 2.21. The maximum absolute atomic E-state index is 5.40. The minimum Gasteiger partial charge on any atom is -0.493 e. The summed E-state index contributed by atoms with van der Waals surface area (Å²) in [6, 6.07) is 3.99. The fraction of sp³-hybridized carbons (Fsp3) is 0.632. The van der Waals surface area contributed by atoms with Gasteiger partial charge in [0.05, 0.1) is 18.7 Å². The van der Waals surface area contributed by atoms with Crippen LogP contribution in [-0.4, -0.2) is 47.5 Å². The smallest absolute Gasteiger partial charge is 0.191 e. The predicted molar refractivity (Wildman–Crippen MR) is 108 cm³/mol. The zero-order valence-corrected chi connectivity index (χ0v) is 17.7. The number of guanidine groups is 1. The number of ether oxygens (including phenoxy) is 3. The Kier molecular flexibility index (Phi) is 8.03. The van der Waals surface area contributed by atoms with Crippen LogP contribution in [0.4, 0.5) is 0 Å².